The minimum absolute atomic E-state index is 0.269. The summed E-state index contributed by atoms with van der Waals surface area (Å²) >= 11 is 0. The molecular formula is C27H48N7O6P. The molecule has 0 saturated heterocycles. The van der Waals surface area contributed by atoms with E-state index < -0.39 is 36.6 Å². The molecule has 0 aliphatic heterocycles. The Kier molecular flexibility index (Phi) is 13.1. The van der Waals surface area contributed by atoms with E-state index in [9.17, 15) is 14.2 Å². The van der Waals surface area contributed by atoms with Gasteiger partial charge in [-0.3, -0.25) is 14.2 Å². The third-order valence-corrected chi connectivity index (χ3v) is 8.68. The van der Waals surface area contributed by atoms with Gasteiger partial charge in [-0.25, -0.2) is 25.1 Å². The van der Waals surface area contributed by atoms with Crippen molar-refractivity contribution in [3.63, 3.8) is 0 Å². The minimum Gasteiger partial charge on any atom is -0.464 e. The predicted molar refractivity (Wildman–Crippen MR) is 158 cm³/mol. The molecular weight excluding hydrogens is 549 g/mol. The van der Waals surface area contributed by atoms with E-state index in [-0.39, 0.29) is 25.4 Å². The molecule has 0 aliphatic rings. The molecule has 232 valence electrons. The highest BCUT2D eigenvalue weighted by molar-refractivity contribution is 7.59. The standard InChI is InChI=1S/C27H48N7O6P/c1-8-10-12-14-38-24(35)26(4,5)32-41(37,33-27(6,7)25(36)39-15-13-11-9-2)19-40-20(3)16-34-18-31-21-22(28)29-17-30-23(21)34/h17-18,20H,8-16,19H2,1-7H3,(H2,28,29,30)(H2,32,33,37)/t20-/m1/s1. The lowest BCUT2D eigenvalue weighted by atomic mass is 10.1. The zero-order valence-electron chi connectivity index (χ0n) is 25.6. The Labute approximate surface area is 243 Å². The number of nitrogens with zero attached hydrogens (tertiary/aromatic N) is 4. The highest BCUT2D eigenvalue weighted by atomic mass is 31.2. The number of carbonyl (C=O) groups excluding carboxylic acids is 2. The van der Waals surface area contributed by atoms with Crippen LogP contribution >= 0.6 is 7.44 Å². The zero-order chi connectivity index (χ0) is 30.7. The molecule has 13 nitrogen and oxygen atoms in total. The van der Waals surface area contributed by atoms with E-state index in [0.29, 0.717) is 17.7 Å². The van der Waals surface area contributed by atoms with Crippen molar-refractivity contribution in [2.45, 2.75) is 111 Å². The summed E-state index contributed by atoms with van der Waals surface area (Å²) in [5.41, 5.74) is 4.24. The number of nitrogen functional groups attached to an aromatic ring is 1. The number of hydrogen-bond donors (Lipinski definition) is 3. The van der Waals surface area contributed by atoms with Gasteiger partial charge in [-0.05, 0) is 47.5 Å². The molecule has 14 heteroatoms. The van der Waals surface area contributed by atoms with Gasteiger partial charge < -0.3 is 24.5 Å². The lowest BCUT2D eigenvalue weighted by Crippen LogP contribution is -2.54. The summed E-state index contributed by atoms with van der Waals surface area (Å²) in [6.07, 6.45) is 7.51. The molecule has 2 aromatic heterocycles. The van der Waals surface area contributed by atoms with Crippen molar-refractivity contribution < 1.29 is 28.4 Å². The molecule has 0 aromatic carbocycles. The van der Waals surface area contributed by atoms with Crippen molar-refractivity contribution in [3.8, 4) is 0 Å². The van der Waals surface area contributed by atoms with Crippen molar-refractivity contribution in [2.75, 3.05) is 25.3 Å². The molecule has 1 atom stereocenters. The molecule has 4 N–H and O–H groups in total. The zero-order valence-corrected chi connectivity index (χ0v) is 26.5. The maximum Gasteiger partial charge on any atom is 0.326 e. The smallest absolute Gasteiger partial charge is 0.326 e. The molecule has 41 heavy (non-hydrogen) atoms. The normalized spacial score (nSPS) is 13.3. The highest BCUT2D eigenvalue weighted by Gasteiger charge is 2.43. The lowest BCUT2D eigenvalue weighted by molar-refractivity contribution is -0.149. The molecule has 0 bridgehead atoms. The Hall–Kier alpha value is -2.60. The van der Waals surface area contributed by atoms with E-state index in [1.807, 2.05) is 0 Å². The first-order valence-electron chi connectivity index (χ1n) is 14.3. The van der Waals surface area contributed by atoms with Crippen molar-refractivity contribution >= 4 is 36.4 Å². The van der Waals surface area contributed by atoms with Crippen LogP contribution in [0.2, 0.25) is 0 Å². The first-order chi connectivity index (χ1) is 19.2. The molecule has 0 saturated carbocycles. The number of carbonyl (C=O) groups is 2. The number of esters is 2. The second-order valence-corrected chi connectivity index (χ2v) is 13.5. The molecule has 2 aromatic rings. The lowest BCUT2D eigenvalue weighted by Gasteiger charge is -2.35. The van der Waals surface area contributed by atoms with Crippen LogP contribution in [0.1, 0.15) is 87.0 Å². The Morgan fingerprint density at radius 3 is 2.00 bits per heavy atom. The Morgan fingerprint density at radius 2 is 1.49 bits per heavy atom. The molecule has 0 amide bonds. The summed E-state index contributed by atoms with van der Waals surface area (Å²) in [6.45, 7) is 13.2. The quantitative estimate of drug-likeness (QED) is 0.120. The number of ether oxygens (including phenoxy) is 3. The van der Waals surface area contributed by atoms with Gasteiger partial charge >= 0.3 is 11.9 Å². The number of rotatable bonds is 19. The Balaban J connectivity index is 2.17. The van der Waals surface area contributed by atoms with Gasteiger partial charge in [-0.2, -0.15) is 0 Å². The summed E-state index contributed by atoms with van der Waals surface area (Å²) in [5.74, 6) is -0.829. The second kappa shape index (κ2) is 15.6. The molecule has 0 fully saturated rings. The topological polar surface area (TPSA) is 173 Å². The summed E-state index contributed by atoms with van der Waals surface area (Å²) in [6, 6.07) is 0. The van der Waals surface area contributed by atoms with E-state index >= 15 is 0 Å². The van der Waals surface area contributed by atoms with Crippen LogP contribution < -0.4 is 15.9 Å². The number of anilines is 1. The van der Waals surface area contributed by atoms with E-state index in [1.165, 1.54) is 6.33 Å². The third kappa shape index (κ3) is 10.6. The van der Waals surface area contributed by atoms with Crippen LogP contribution in [0.25, 0.3) is 11.2 Å². The number of nitrogens with two attached hydrogens (primary N) is 1. The number of fused-ring (bicyclic) bond motifs is 1. The maximum absolute atomic E-state index is 14.4. The average Bonchev–Trinajstić information content (AvgIpc) is 3.31. The number of nitrogens with one attached hydrogen (secondary N) is 2. The summed E-state index contributed by atoms with van der Waals surface area (Å²) in [7, 11) is -3.75. The van der Waals surface area contributed by atoms with Gasteiger partial charge in [0, 0.05) is 0 Å². The second-order valence-electron chi connectivity index (χ2n) is 11.3. The van der Waals surface area contributed by atoms with Crippen LogP contribution in [0.4, 0.5) is 5.82 Å². The van der Waals surface area contributed by atoms with Crippen molar-refractivity contribution in [1.29, 1.82) is 0 Å². The van der Waals surface area contributed by atoms with Crippen molar-refractivity contribution in [1.82, 2.24) is 29.7 Å². The fourth-order valence-corrected chi connectivity index (χ4v) is 6.71. The van der Waals surface area contributed by atoms with Crippen LogP contribution in [0, 0.1) is 0 Å². The van der Waals surface area contributed by atoms with E-state index in [2.05, 4.69) is 39.0 Å². The van der Waals surface area contributed by atoms with E-state index in [4.69, 9.17) is 19.9 Å². The molecule has 2 heterocycles. The largest absolute Gasteiger partial charge is 0.464 e. The molecule has 0 aliphatic carbocycles. The number of aromatic nitrogens is 4. The molecule has 0 unspecified atom stereocenters. The van der Waals surface area contributed by atoms with Gasteiger partial charge in [0.15, 0.2) is 11.5 Å². The highest BCUT2D eigenvalue weighted by Crippen LogP contribution is 2.42. The van der Waals surface area contributed by atoms with Crippen LogP contribution in [-0.4, -0.2) is 68.2 Å². The number of hydrogen-bond acceptors (Lipinski definition) is 10. The molecule has 2 rings (SSSR count). The van der Waals surface area contributed by atoms with Gasteiger partial charge in [0.25, 0.3) is 0 Å². The molecule has 0 spiro atoms. The minimum atomic E-state index is -3.75. The maximum atomic E-state index is 14.4. The predicted octanol–water partition coefficient (Wildman–Crippen LogP) is 4.17. The van der Waals surface area contributed by atoms with Gasteiger partial charge in [-0.15, -0.1) is 0 Å². The van der Waals surface area contributed by atoms with Crippen LogP contribution in [0.3, 0.4) is 0 Å². The van der Waals surface area contributed by atoms with E-state index in [1.54, 1.807) is 45.5 Å². The van der Waals surface area contributed by atoms with Crippen LogP contribution in [0.15, 0.2) is 12.7 Å². The fraction of sp³-hybridized carbons (Fsp3) is 0.741. The van der Waals surface area contributed by atoms with Crippen molar-refractivity contribution in [2.24, 2.45) is 0 Å². The van der Waals surface area contributed by atoms with Gasteiger partial charge in [0.05, 0.1) is 32.2 Å². The number of imidazole rings is 1. The Bertz CT molecular complexity index is 1140. The first kappa shape index (κ1) is 34.6. The van der Waals surface area contributed by atoms with E-state index in [0.717, 1.165) is 38.5 Å². The fourth-order valence-electron chi connectivity index (χ4n) is 4.08. The molecule has 0 radical (unpaired) electrons. The SMILES string of the molecule is CCCCCOC(=O)C(C)(C)NP(=O)(CO[C@H](C)Cn1cnc2c(N)ncnc21)NC(C)(C)C(=O)OCCCCC. The van der Waals surface area contributed by atoms with Gasteiger partial charge in [0.1, 0.15) is 29.3 Å². The monoisotopic (exact) mass is 597 g/mol. The third-order valence-electron chi connectivity index (χ3n) is 6.33. The summed E-state index contributed by atoms with van der Waals surface area (Å²) < 4.78 is 33.0. The summed E-state index contributed by atoms with van der Waals surface area (Å²) in [5, 5.41) is 5.86. The van der Waals surface area contributed by atoms with Crippen LogP contribution in [0.5, 0.6) is 0 Å². The summed E-state index contributed by atoms with van der Waals surface area (Å²) in [4.78, 5) is 38.3. The van der Waals surface area contributed by atoms with Crippen LogP contribution in [-0.2, 0) is 34.9 Å². The van der Waals surface area contributed by atoms with Crippen molar-refractivity contribution in [3.05, 3.63) is 12.7 Å². The Morgan fingerprint density at radius 1 is 0.951 bits per heavy atom. The van der Waals surface area contributed by atoms with Gasteiger partial charge in [0.2, 0.25) is 7.44 Å². The average molecular weight is 598 g/mol. The first-order valence-corrected chi connectivity index (χ1v) is 16.2. The van der Waals surface area contributed by atoms with Gasteiger partial charge in [-0.1, -0.05) is 39.5 Å². The number of unbranched alkanes of at least 4 members (excludes halogenated alkanes) is 4.